The van der Waals surface area contributed by atoms with Crippen molar-refractivity contribution in [1.82, 2.24) is 20.2 Å². The first-order valence-electron chi connectivity index (χ1n) is 9.62. The van der Waals surface area contributed by atoms with Gasteiger partial charge in [0, 0.05) is 29.6 Å². The molecule has 0 spiro atoms. The van der Waals surface area contributed by atoms with Crippen LogP contribution >= 0.6 is 0 Å². The Labute approximate surface area is 170 Å². The Morgan fingerprint density at radius 1 is 0.931 bits per heavy atom. The van der Waals surface area contributed by atoms with Crippen LogP contribution in [0.2, 0.25) is 0 Å². The van der Waals surface area contributed by atoms with Gasteiger partial charge in [0.2, 0.25) is 5.95 Å². The third-order valence-electron chi connectivity index (χ3n) is 4.93. The molecule has 0 unspecified atom stereocenters. The molecule has 0 amide bonds. The standard InChI is InChI=1S/C22H19BN6/c23-18-13-24-22(27-21(18)26-20-12-19(28-29-20)16-6-7-16)25-17-10-8-15(9-11-17)14-4-2-1-3-5-14/h1-5,8-13,16H,6-7H2,(H3,24,25,26,27,28,29). The van der Waals surface area contributed by atoms with Crippen molar-refractivity contribution in [3.05, 3.63) is 72.6 Å². The summed E-state index contributed by atoms with van der Waals surface area (Å²) in [6.45, 7) is 0. The van der Waals surface area contributed by atoms with Crippen LogP contribution in [0.25, 0.3) is 11.1 Å². The summed E-state index contributed by atoms with van der Waals surface area (Å²) in [5.74, 6) is 2.30. The summed E-state index contributed by atoms with van der Waals surface area (Å²) in [4.78, 5) is 8.79. The fourth-order valence-electron chi connectivity index (χ4n) is 3.18. The van der Waals surface area contributed by atoms with Crippen LogP contribution in [0.5, 0.6) is 0 Å². The molecule has 0 bridgehead atoms. The fourth-order valence-corrected chi connectivity index (χ4v) is 3.18. The first-order chi connectivity index (χ1) is 14.2. The van der Waals surface area contributed by atoms with Gasteiger partial charge < -0.3 is 10.6 Å². The zero-order valence-corrected chi connectivity index (χ0v) is 15.8. The Bertz CT molecular complexity index is 1120. The highest BCUT2D eigenvalue weighted by Crippen LogP contribution is 2.39. The van der Waals surface area contributed by atoms with E-state index in [1.165, 1.54) is 18.4 Å². The van der Waals surface area contributed by atoms with Gasteiger partial charge in [0.15, 0.2) is 5.82 Å². The molecule has 2 radical (unpaired) electrons. The summed E-state index contributed by atoms with van der Waals surface area (Å²) in [5.41, 5.74) is 4.85. The molecule has 0 atom stereocenters. The molecule has 6 nitrogen and oxygen atoms in total. The fraction of sp³-hybridized carbons (Fsp3) is 0.136. The Hall–Kier alpha value is -3.61. The SMILES string of the molecule is [B]c1cnc(Nc2ccc(-c3ccccc3)cc2)nc1Nc1cc(C2CC2)[nH]n1. The van der Waals surface area contributed by atoms with E-state index in [0.29, 0.717) is 29.0 Å². The lowest BCUT2D eigenvalue weighted by molar-refractivity contribution is 0.966. The molecule has 5 rings (SSSR count). The average Bonchev–Trinajstić information content (AvgIpc) is 3.51. The van der Waals surface area contributed by atoms with E-state index in [9.17, 15) is 0 Å². The van der Waals surface area contributed by atoms with Gasteiger partial charge >= 0.3 is 0 Å². The number of H-pyrrole nitrogens is 1. The number of anilines is 4. The zero-order valence-electron chi connectivity index (χ0n) is 15.8. The Morgan fingerprint density at radius 3 is 2.45 bits per heavy atom. The summed E-state index contributed by atoms with van der Waals surface area (Å²) in [6, 6.07) is 20.4. The minimum absolute atomic E-state index is 0.464. The lowest BCUT2D eigenvalue weighted by atomic mass is 9.99. The number of hydrogen-bond acceptors (Lipinski definition) is 5. The van der Waals surface area contributed by atoms with Gasteiger partial charge in [-0.25, -0.2) is 4.98 Å². The molecular weight excluding hydrogens is 359 g/mol. The van der Waals surface area contributed by atoms with E-state index in [-0.39, 0.29) is 0 Å². The van der Waals surface area contributed by atoms with Crippen molar-refractivity contribution < 1.29 is 0 Å². The smallest absolute Gasteiger partial charge is 0.229 e. The number of rotatable bonds is 6. The van der Waals surface area contributed by atoms with E-state index in [4.69, 9.17) is 7.85 Å². The van der Waals surface area contributed by atoms with Gasteiger partial charge in [-0.3, -0.25) is 5.10 Å². The number of hydrogen-bond donors (Lipinski definition) is 3. The van der Waals surface area contributed by atoms with Crippen LogP contribution in [0.3, 0.4) is 0 Å². The summed E-state index contributed by atoms with van der Waals surface area (Å²) in [7, 11) is 6.04. The van der Waals surface area contributed by atoms with Gasteiger partial charge in [0.25, 0.3) is 0 Å². The van der Waals surface area contributed by atoms with Gasteiger partial charge in [0.1, 0.15) is 13.7 Å². The Morgan fingerprint density at radius 2 is 1.69 bits per heavy atom. The maximum atomic E-state index is 6.04. The van der Waals surface area contributed by atoms with Crippen molar-refractivity contribution in [2.24, 2.45) is 0 Å². The van der Waals surface area contributed by atoms with Crippen LogP contribution in [0.1, 0.15) is 24.5 Å². The van der Waals surface area contributed by atoms with Gasteiger partial charge in [-0.1, -0.05) is 42.5 Å². The minimum Gasteiger partial charge on any atom is -0.324 e. The van der Waals surface area contributed by atoms with Gasteiger partial charge in [-0.15, -0.1) is 0 Å². The normalized spacial score (nSPS) is 13.2. The number of aromatic amines is 1. The van der Waals surface area contributed by atoms with Crippen molar-refractivity contribution in [2.45, 2.75) is 18.8 Å². The minimum atomic E-state index is 0.464. The second-order valence-corrected chi connectivity index (χ2v) is 7.17. The molecule has 140 valence electrons. The topological polar surface area (TPSA) is 78.5 Å². The molecule has 2 aromatic carbocycles. The lowest BCUT2D eigenvalue weighted by Crippen LogP contribution is -2.14. The van der Waals surface area contributed by atoms with Crippen LogP contribution in [0.4, 0.5) is 23.3 Å². The second-order valence-electron chi connectivity index (χ2n) is 7.17. The molecule has 7 heteroatoms. The quantitative estimate of drug-likeness (QED) is 0.442. The third-order valence-corrected chi connectivity index (χ3v) is 4.93. The molecule has 1 saturated carbocycles. The van der Waals surface area contributed by atoms with E-state index in [0.717, 1.165) is 16.9 Å². The van der Waals surface area contributed by atoms with Crippen molar-refractivity contribution >= 4 is 36.6 Å². The van der Waals surface area contributed by atoms with E-state index >= 15 is 0 Å². The predicted octanol–water partition coefficient (Wildman–Crippen LogP) is 4.03. The van der Waals surface area contributed by atoms with Crippen molar-refractivity contribution in [3.8, 4) is 11.1 Å². The summed E-state index contributed by atoms with van der Waals surface area (Å²) in [5, 5.41) is 13.8. The monoisotopic (exact) mass is 378 g/mol. The molecule has 1 fully saturated rings. The molecule has 3 N–H and O–H groups in total. The largest absolute Gasteiger partial charge is 0.324 e. The average molecular weight is 378 g/mol. The van der Waals surface area contributed by atoms with Crippen LogP contribution < -0.4 is 16.1 Å². The molecule has 2 heterocycles. The second kappa shape index (κ2) is 7.43. The molecular formula is C22H19BN6. The van der Waals surface area contributed by atoms with Gasteiger partial charge in [0.05, 0.1) is 0 Å². The van der Waals surface area contributed by atoms with E-state index in [1.54, 1.807) is 6.20 Å². The van der Waals surface area contributed by atoms with Crippen LogP contribution in [-0.2, 0) is 0 Å². The number of nitrogens with one attached hydrogen (secondary N) is 3. The van der Waals surface area contributed by atoms with E-state index in [1.807, 2.05) is 36.4 Å². The summed E-state index contributed by atoms with van der Waals surface area (Å²) in [6.07, 6.45) is 4.02. The molecule has 0 aliphatic heterocycles. The molecule has 2 aromatic heterocycles. The van der Waals surface area contributed by atoms with Gasteiger partial charge in [-0.2, -0.15) is 10.1 Å². The number of benzene rings is 2. The third kappa shape index (κ3) is 3.99. The molecule has 1 aliphatic rings. The molecule has 29 heavy (non-hydrogen) atoms. The number of aromatic nitrogens is 4. The molecule has 0 saturated heterocycles. The summed E-state index contributed by atoms with van der Waals surface area (Å²) >= 11 is 0. The van der Waals surface area contributed by atoms with E-state index < -0.39 is 0 Å². The highest BCUT2D eigenvalue weighted by Gasteiger charge is 2.25. The predicted molar refractivity (Wildman–Crippen MR) is 116 cm³/mol. The molecule has 1 aliphatic carbocycles. The van der Waals surface area contributed by atoms with Crippen LogP contribution in [-0.4, -0.2) is 28.0 Å². The Kier molecular flexibility index (Phi) is 4.48. The first kappa shape index (κ1) is 17.5. The maximum absolute atomic E-state index is 6.04. The highest BCUT2D eigenvalue weighted by molar-refractivity contribution is 6.35. The summed E-state index contributed by atoms with van der Waals surface area (Å²) < 4.78 is 0. The number of nitrogens with zero attached hydrogens (tertiary/aromatic N) is 3. The van der Waals surface area contributed by atoms with E-state index in [2.05, 4.69) is 55.1 Å². The first-order valence-corrected chi connectivity index (χ1v) is 9.62. The highest BCUT2D eigenvalue weighted by atomic mass is 15.2. The molecule has 4 aromatic rings. The zero-order chi connectivity index (χ0) is 19.6. The van der Waals surface area contributed by atoms with Crippen molar-refractivity contribution in [1.29, 1.82) is 0 Å². The van der Waals surface area contributed by atoms with Gasteiger partial charge in [-0.05, 0) is 41.6 Å². The van der Waals surface area contributed by atoms with Crippen LogP contribution in [0, 0.1) is 0 Å². The van der Waals surface area contributed by atoms with Crippen molar-refractivity contribution in [3.63, 3.8) is 0 Å². The van der Waals surface area contributed by atoms with Crippen molar-refractivity contribution in [2.75, 3.05) is 10.6 Å². The Balaban J connectivity index is 1.31. The van der Waals surface area contributed by atoms with Crippen LogP contribution in [0.15, 0.2) is 66.9 Å². The lowest BCUT2D eigenvalue weighted by Gasteiger charge is -2.10. The maximum Gasteiger partial charge on any atom is 0.229 e.